The maximum Gasteiger partial charge on any atom is 0.336 e. The molecule has 3 aromatic heterocycles. The van der Waals surface area contributed by atoms with Crippen LogP contribution in [0.3, 0.4) is 0 Å². The van der Waals surface area contributed by atoms with Crippen molar-refractivity contribution in [3.8, 4) is 5.75 Å². The minimum Gasteiger partial charge on any atom is -0.508 e. The number of fused-ring (bicyclic) bond motifs is 1. The molecule has 0 unspecified atom stereocenters. The third-order valence-corrected chi connectivity index (χ3v) is 6.03. The number of nitrogens with zero attached hydrogens (tertiary/aromatic N) is 2. The molecule has 0 atom stereocenters. The van der Waals surface area contributed by atoms with Crippen LogP contribution in [0.4, 0.5) is 5.13 Å². The van der Waals surface area contributed by atoms with E-state index in [2.05, 4.69) is 15.5 Å². The van der Waals surface area contributed by atoms with Crippen molar-refractivity contribution in [1.29, 1.82) is 0 Å². The topological polar surface area (TPSA) is 101 Å². The van der Waals surface area contributed by atoms with Gasteiger partial charge in [-0.3, -0.25) is 0 Å². The zero-order valence-electron chi connectivity index (χ0n) is 14.3. The van der Waals surface area contributed by atoms with Crippen LogP contribution < -0.4 is 10.9 Å². The number of anilines is 1. The summed E-state index contributed by atoms with van der Waals surface area (Å²) in [6.07, 6.45) is 1.63. The number of phenols is 1. The van der Waals surface area contributed by atoms with Gasteiger partial charge in [0.25, 0.3) is 0 Å². The Balaban J connectivity index is 1.49. The summed E-state index contributed by atoms with van der Waals surface area (Å²) in [6, 6.07) is 8.56. The minimum atomic E-state index is -0.440. The van der Waals surface area contributed by atoms with Gasteiger partial charge in [-0.05, 0) is 36.8 Å². The summed E-state index contributed by atoms with van der Waals surface area (Å²) < 4.78 is 11.3. The van der Waals surface area contributed by atoms with Gasteiger partial charge in [-0.1, -0.05) is 23.1 Å². The molecule has 1 aromatic carbocycles. The molecule has 4 rings (SSSR count). The summed E-state index contributed by atoms with van der Waals surface area (Å²) >= 11 is 2.93. The van der Waals surface area contributed by atoms with Gasteiger partial charge in [0, 0.05) is 22.8 Å². The van der Waals surface area contributed by atoms with Gasteiger partial charge < -0.3 is 19.3 Å². The SMILES string of the molecule is Cc1c(O)ccc2c(CSc3nnc(NCc4ccco4)s3)cc(=O)oc12. The fourth-order valence-electron chi connectivity index (χ4n) is 2.59. The number of phenolic OH excluding ortho intramolecular Hbond substituents is 1. The fraction of sp³-hybridized carbons (Fsp3) is 0.167. The lowest BCUT2D eigenvalue weighted by Crippen LogP contribution is -2.00. The van der Waals surface area contributed by atoms with E-state index in [-0.39, 0.29) is 5.75 Å². The highest BCUT2D eigenvalue weighted by Crippen LogP contribution is 2.32. The van der Waals surface area contributed by atoms with E-state index in [1.165, 1.54) is 29.2 Å². The van der Waals surface area contributed by atoms with Gasteiger partial charge in [-0.25, -0.2) is 4.79 Å². The highest BCUT2D eigenvalue weighted by atomic mass is 32.2. The number of hydrogen-bond acceptors (Lipinski definition) is 9. The van der Waals surface area contributed by atoms with Gasteiger partial charge in [-0.2, -0.15) is 0 Å². The first kappa shape index (κ1) is 17.6. The van der Waals surface area contributed by atoms with Crippen LogP contribution in [0.2, 0.25) is 0 Å². The van der Waals surface area contributed by atoms with E-state index in [0.29, 0.717) is 28.6 Å². The van der Waals surface area contributed by atoms with Crippen molar-refractivity contribution >= 4 is 39.2 Å². The normalized spacial score (nSPS) is 11.1. The number of thioether (sulfide) groups is 1. The monoisotopic (exact) mass is 401 g/mol. The van der Waals surface area contributed by atoms with Crippen LogP contribution in [0, 0.1) is 6.92 Å². The number of aromatic nitrogens is 2. The van der Waals surface area contributed by atoms with Crippen LogP contribution in [-0.4, -0.2) is 15.3 Å². The fourth-order valence-corrected chi connectivity index (χ4v) is 4.33. The third-order valence-electron chi connectivity index (χ3n) is 3.97. The first-order valence-electron chi connectivity index (χ1n) is 8.08. The zero-order valence-corrected chi connectivity index (χ0v) is 15.9. The molecule has 0 fully saturated rings. The lowest BCUT2D eigenvalue weighted by atomic mass is 10.1. The van der Waals surface area contributed by atoms with E-state index in [1.54, 1.807) is 25.3 Å². The Labute approximate surface area is 162 Å². The molecule has 0 spiro atoms. The Kier molecular flexibility index (Phi) is 4.87. The smallest absolute Gasteiger partial charge is 0.336 e. The number of hydrogen-bond donors (Lipinski definition) is 2. The van der Waals surface area contributed by atoms with Gasteiger partial charge in [0.1, 0.15) is 17.1 Å². The highest BCUT2D eigenvalue weighted by molar-refractivity contribution is 8.00. The number of rotatable bonds is 6. The standard InChI is InChI=1S/C18H15N3O4S2/c1-10-14(22)5-4-13-11(7-15(23)25-16(10)13)9-26-18-21-20-17(27-18)19-8-12-3-2-6-24-12/h2-7,22H,8-9H2,1H3,(H,19,20). The first-order valence-corrected chi connectivity index (χ1v) is 9.88. The van der Waals surface area contributed by atoms with Gasteiger partial charge in [0.15, 0.2) is 4.34 Å². The number of furan rings is 1. The van der Waals surface area contributed by atoms with Crippen LogP contribution in [0.15, 0.2) is 54.6 Å². The number of nitrogens with one attached hydrogen (secondary N) is 1. The van der Waals surface area contributed by atoms with E-state index >= 15 is 0 Å². The Morgan fingerprint density at radius 1 is 1.30 bits per heavy atom. The lowest BCUT2D eigenvalue weighted by molar-refractivity contribution is 0.468. The summed E-state index contributed by atoms with van der Waals surface area (Å²) in [6.45, 7) is 2.26. The number of aryl methyl sites for hydroxylation is 1. The van der Waals surface area contributed by atoms with Crippen LogP contribution >= 0.6 is 23.1 Å². The zero-order chi connectivity index (χ0) is 18.8. The molecule has 27 heavy (non-hydrogen) atoms. The van der Waals surface area contributed by atoms with Crippen molar-refractivity contribution in [3.05, 3.63) is 63.9 Å². The Hall–Kier alpha value is -2.78. The van der Waals surface area contributed by atoms with Crippen molar-refractivity contribution in [3.63, 3.8) is 0 Å². The van der Waals surface area contributed by atoms with E-state index < -0.39 is 5.63 Å². The molecule has 0 amide bonds. The van der Waals surface area contributed by atoms with Gasteiger partial charge in [0.05, 0.1) is 12.8 Å². The molecular formula is C18H15N3O4S2. The van der Waals surface area contributed by atoms with Gasteiger partial charge in [0.2, 0.25) is 5.13 Å². The molecule has 138 valence electrons. The second-order valence-corrected chi connectivity index (χ2v) is 7.97. The van der Waals surface area contributed by atoms with Crippen LogP contribution in [0.1, 0.15) is 16.9 Å². The molecule has 4 aromatic rings. The molecule has 0 saturated heterocycles. The number of benzene rings is 1. The Bertz CT molecular complexity index is 1140. The summed E-state index contributed by atoms with van der Waals surface area (Å²) in [5.41, 5.74) is 1.35. The molecule has 0 saturated carbocycles. The summed E-state index contributed by atoms with van der Waals surface area (Å²) in [5, 5.41) is 22.8. The number of aromatic hydroxyl groups is 1. The predicted octanol–water partition coefficient (Wildman–Crippen LogP) is 4.16. The van der Waals surface area contributed by atoms with E-state index in [0.717, 1.165) is 21.0 Å². The van der Waals surface area contributed by atoms with Gasteiger partial charge in [-0.15, -0.1) is 10.2 Å². The molecule has 3 heterocycles. The molecule has 0 aliphatic heterocycles. The summed E-state index contributed by atoms with van der Waals surface area (Å²) in [4.78, 5) is 11.9. The molecular weight excluding hydrogens is 386 g/mol. The predicted molar refractivity (Wildman–Crippen MR) is 104 cm³/mol. The molecule has 9 heteroatoms. The van der Waals surface area contributed by atoms with E-state index in [9.17, 15) is 9.90 Å². The first-order chi connectivity index (χ1) is 13.1. The second kappa shape index (κ2) is 7.45. The lowest BCUT2D eigenvalue weighted by Gasteiger charge is -2.07. The average Bonchev–Trinajstić information content (AvgIpc) is 3.33. The van der Waals surface area contributed by atoms with Crippen molar-refractivity contribution in [2.75, 3.05) is 5.32 Å². The summed E-state index contributed by atoms with van der Waals surface area (Å²) in [7, 11) is 0. The average molecular weight is 401 g/mol. The quantitative estimate of drug-likeness (QED) is 0.367. The van der Waals surface area contributed by atoms with Crippen molar-refractivity contribution in [1.82, 2.24) is 10.2 Å². The van der Waals surface area contributed by atoms with Crippen molar-refractivity contribution < 1.29 is 13.9 Å². The van der Waals surface area contributed by atoms with Crippen molar-refractivity contribution in [2.45, 2.75) is 23.6 Å². The molecule has 7 nitrogen and oxygen atoms in total. The summed E-state index contributed by atoms with van der Waals surface area (Å²) in [5.74, 6) is 1.46. The van der Waals surface area contributed by atoms with Gasteiger partial charge >= 0.3 is 5.63 Å². The third kappa shape index (κ3) is 3.83. The van der Waals surface area contributed by atoms with Crippen LogP contribution in [0.5, 0.6) is 5.75 Å². The molecule has 0 aliphatic rings. The maximum atomic E-state index is 11.9. The molecule has 0 radical (unpaired) electrons. The molecule has 0 aliphatic carbocycles. The second-order valence-electron chi connectivity index (χ2n) is 5.77. The highest BCUT2D eigenvalue weighted by Gasteiger charge is 2.12. The minimum absolute atomic E-state index is 0.104. The van der Waals surface area contributed by atoms with E-state index in [1.807, 2.05) is 12.1 Å². The molecule has 2 N–H and O–H groups in total. The largest absolute Gasteiger partial charge is 0.508 e. The Morgan fingerprint density at radius 3 is 3.00 bits per heavy atom. The Morgan fingerprint density at radius 2 is 2.19 bits per heavy atom. The molecule has 0 bridgehead atoms. The van der Waals surface area contributed by atoms with Crippen molar-refractivity contribution in [2.24, 2.45) is 0 Å². The van der Waals surface area contributed by atoms with Crippen LogP contribution in [-0.2, 0) is 12.3 Å². The van der Waals surface area contributed by atoms with Crippen LogP contribution in [0.25, 0.3) is 11.0 Å². The van der Waals surface area contributed by atoms with E-state index in [4.69, 9.17) is 8.83 Å². The maximum absolute atomic E-state index is 11.9.